The van der Waals surface area contributed by atoms with Gasteiger partial charge in [0.1, 0.15) is 11.5 Å². The molecule has 158 valence electrons. The molecule has 4 rings (SSSR count). The van der Waals surface area contributed by atoms with Crippen molar-refractivity contribution in [1.29, 1.82) is 0 Å². The van der Waals surface area contributed by atoms with Crippen molar-refractivity contribution >= 4 is 29.1 Å². The van der Waals surface area contributed by atoms with E-state index < -0.39 is 0 Å². The molecule has 0 radical (unpaired) electrons. The van der Waals surface area contributed by atoms with Crippen molar-refractivity contribution in [3.05, 3.63) is 89.4 Å². The maximum atomic E-state index is 12.8. The summed E-state index contributed by atoms with van der Waals surface area (Å²) in [6.07, 6.45) is 1.55. The van der Waals surface area contributed by atoms with E-state index in [-0.39, 0.29) is 17.7 Å². The van der Waals surface area contributed by atoms with Gasteiger partial charge in [0.05, 0.1) is 5.92 Å². The third-order valence-electron chi connectivity index (χ3n) is 5.27. The van der Waals surface area contributed by atoms with Gasteiger partial charge in [0.15, 0.2) is 0 Å². The minimum Gasteiger partial charge on any atom is -0.457 e. The van der Waals surface area contributed by atoms with Gasteiger partial charge >= 0.3 is 0 Å². The number of anilines is 1. The Morgan fingerprint density at radius 2 is 1.58 bits per heavy atom. The monoisotopic (exact) mass is 434 g/mol. The van der Waals surface area contributed by atoms with E-state index in [1.807, 2.05) is 54.6 Å². The van der Waals surface area contributed by atoms with Crippen molar-refractivity contribution in [2.45, 2.75) is 12.8 Å². The Morgan fingerprint density at radius 3 is 2.29 bits per heavy atom. The highest BCUT2D eigenvalue weighted by atomic mass is 35.5. The van der Waals surface area contributed by atoms with Crippen LogP contribution in [-0.4, -0.2) is 29.8 Å². The fraction of sp³-hybridized carbons (Fsp3) is 0.200. The Labute approximate surface area is 186 Å². The van der Waals surface area contributed by atoms with E-state index in [1.54, 1.807) is 29.2 Å². The first kappa shape index (κ1) is 20.9. The SMILES string of the molecule is O=C(Nc1ccc(Oc2ccccc2)cc1)[C@@H]1CCCN(C(=O)c2ccc(Cl)cc2)C1. The number of para-hydroxylation sites is 1. The molecule has 2 amide bonds. The Morgan fingerprint density at radius 1 is 0.903 bits per heavy atom. The summed E-state index contributed by atoms with van der Waals surface area (Å²) >= 11 is 5.91. The summed E-state index contributed by atoms with van der Waals surface area (Å²) in [6, 6.07) is 23.6. The number of carbonyl (C=O) groups excluding carboxylic acids is 2. The average molecular weight is 435 g/mol. The molecule has 0 spiro atoms. The van der Waals surface area contributed by atoms with Gasteiger partial charge in [0.2, 0.25) is 5.91 Å². The van der Waals surface area contributed by atoms with Crippen molar-refractivity contribution in [2.24, 2.45) is 5.92 Å². The molecule has 0 aliphatic carbocycles. The minimum absolute atomic E-state index is 0.0726. The summed E-state index contributed by atoms with van der Waals surface area (Å²) in [7, 11) is 0. The number of rotatable bonds is 5. The molecule has 0 aromatic heterocycles. The Kier molecular flexibility index (Phi) is 6.53. The van der Waals surface area contributed by atoms with E-state index in [1.165, 1.54) is 0 Å². The molecule has 31 heavy (non-hydrogen) atoms. The molecule has 1 aliphatic heterocycles. The normalized spacial score (nSPS) is 15.9. The van der Waals surface area contributed by atoms with Crippen LogP contribution in [0.3, 0.4) is 0 Å². The number of carbonyl (C=O) groups is 2. The summed E-state index contributed by atoms with van der Waals surface area (Å²) in [4.78, 5) is 27.3. The standard InChI is InChI=1S/C25H23ClN2O3/c26-20-10-8-18(9-11-20)25(30)28-16-4-5-19(17-28)24(29)27-21-12-14-23(15-13-21)31-22-6-2-1-3-7-22/h1-3,6-15,19H,4-5,16-17H2,(H,27,29)/t19-/m1/s1. The highest BCUT2D eigenvalue weighted by Gasteiger charge is 2.29. The lowest BCUT2D eigenvalue weighted by atomic mass is 9.96. The second kappa shape index (κ2) is 9.67. The summed E-state index contributed by atoms with van der Waals surface area (Å²) in [5, 5.41) is 3.55. The third-order valence-corrected chi connectivity index (χ3v) is 5.52. The maximum Gasteiger partial charge on any atom is 0.253 e. The van der Waals surface area contributed by atoms with Gasteiger partial charge in [-0.2, -0.15) is 0 Å². The molecule has 1 aliphatic rings. The van der Waals surface area contributed by atoms with Gasteiger partial charge in [-0.3, -0.25) is 9.59 Å². The van der Waals surface area contributed by atoms with Gasteiger partial charge in [-0.05, 0) is 73.5 Å². The lowest BCUT2D eigenvalue weighted by Crippen LogP contribution is -2.43. The van der Waals surface area contributed by atoms with Gasteiger partial charge in [-0.25, -0.2) is 0 Å². The minimum atomic E-state index is -0.245. The number of hydrogen-bond acceptors (Lipinski definition) is 3. The van der Waals surface area contributed by atoms with Crippen molar-refractivity contribution in [3.8, 4) is 11.5 Å². The number of benzene rings is 3. The lowest BCUT2D eigenvalue weighted by Gasteiger charge is -2.32. The molecule has 1 atom stereocenters. The zero-order valence-electron chi connectivity index (χ0n) is 17.0. The van der Waals surface area contributed by atoms with E-state index in [0.29, 0.717) is 35.1 Å². The van der Waals surface area contributed by atoms with Crippen LogP contribution in [0.5, 0.6) is 11.5 Å². The number of halogens is 1. The Hall–Kier alpha value is -3.31. The first-order valence-electron chi connectivity index (χ1n) is 10.3. The fourth-order valence-corrected chi connectivity index (χ4v) is 3.75. The third kappa shape index (κ3) is 5.44. The van der Waals surface area contributed by atoms with E-state index in [2.05, 4.69) is 5.32 Å². The van der Waals surface area contributed by atoms with Crippen LogP contribution in [0.2, 0.25) is 5.02 Å². The van der Waals surface area contributed by atoms with Crippen LogP contribution in [0, 0.1) is 5.92 Å². The van der Waals surface area contributed by atoms with Crippen LogP contribution in [-0.2, 0) is 4.79 Å². The van der Waals surface area contributed by atoms with E-state index >= 15 is 0 Å². The van der Waals surface area contributed by atoms with Crippen LogP contribution in [0.15, 0.2) is 78.9 Å². The zero-order valence-corrected chi connectivity index (χ0v) is 17.7. The molecular formula is C25H23ClN2O3. The molecule has 1 N–H and O–H groups in total. The molecule has 1 heterocycles. The summed E-state index contributed by atoms with van der Waals surface area (Å²) in [5.41, 5.74) is 1.28. The smallest absolute Gasteiger partial charge is 0.253 e. The number of hydrogen-bond donors (Lipinski definition) is 1. The molecule has 3 aromatic carbocycles. The van der Waals surface area contributed by atoms with Crippen LogP contribution < -0.4 is 10.1 Å². The summed E-state index contributed by atoms with van der Waals surface area (Å²) < 4.78 is 5.78. The van der Waals surface area contributed by atoms with Crippen molar-refractivity contribution < 1.29 is 14.3 Å². The van der Waals surface area contributed by atoms with Crippen LogP contribution in [0.1, 0.15) is 23.2 Å². The first-order valence-corrected chi connectivity index (χ1v) is 10.6. The topological polar surface area (TPSA) is 58.6 Å². The Bertz CT molecular complexity index is 1040. The molecule has 0 bridgehead atoms. The van der Waals surface area contributed by atoms with Gasteiger partial charge in [0.25, 0.3) is 5.91 Å². The predicted octanol–water partition coefficient (Wildman–Crippen LogP) is 5.62. The van der Waals surface area contributed by atoms with E-state index in [9.17, 15) is 9.59 Å². The van der Waals surface area contributed by atoms with Gasteiger partial charge in [0, 0.05) is 29.4 Å². The first-order chi connectivity index (χ1) is 15.1. The number of amides is 2. The highest BCUT2D eigenvalue weighted by molar-refractivity contribution is 6.30. The summed E-state index contributed by atoms with van der Waals surface area (Å²) in [5.74, 6) is 1.06. The number of ether oxygens (including phenoxy) is 1. The molecule has 0 saturated carbocycles. The molecule has 5 nitrogen and oxygen atoms in total. The van der Waals surface area contributed by atoms with Gasteiger partial charge in [-0.1, -0.05) is 29.8 Å². The number of likely N-dealkylation sites (tertiary alicyclic amines) is 1. The second-order valence-electron chi connectivity index (χ2n) is 7.53. The highest BCUT2D eigenvalue weighted by Crippen LogP contribution is 2.24. The van der Waals surface area contributed by atoms with E-state index in [0.717, 1.165) is 18.6 Å². The average Bonchev–Trinajstić information content (AvgIpc) is 2.81. The summed E-state index contributed by atoms with van der Waals surface area (Å²) in [6.45, 7) is 1.05. The molecular weight excluding hydrogens is 412 g/mol. The maximum absolute atomic E-state index is 12.8. The van der Waals surface area contributed by atoms with Crippen molar-refractivity contribution in [1.82, 2.24) is 4.90 Å². The lowest BCUT2D eigenvalue weighted by molar-refractivity contribution is -0.121. The number of nitrogens with zero attached hydrogens (tertiary/aromatic N) is 1. The molecule has 3 aromatic rings. The fourth-order valence-electron chi connectivity index (χ4n) is 3.63. The van der Waals surface area contributed by atoms with Crippen LogP contribution >= 0.6 is 11.6 Å². The quantitative estimate of drug-likeness (QED) is 0.566. The van der Waals surface area contributed by atoms with Gasteiger partial charge < -0.3 is 15.0 Å². The van der Waals surface area contributed by atoms with Crippen molar-refractivity contribution in [2.75, 3.05) is 18.4 Å². The largest absolute Gasteiger partial charge is 0.457 e. The number of nitrogens with one attached hydrogen (secondary N) is 1. The van der Waals surface area contributed by atoms with Crippen molar-refractivity contribution in [3.63, 3.8) is 0 Å². The van der Waals surface area contributed by atoms with E-state index in [4.69, 9.17) is 16.3 Å². The molecule has 6 heteroatoms. The Balaban J connectivity index is 1.34. The number of piperidine rings is 1. The molecule has 1 fully saturated rings. The van der Waals surface area contributed by atoms with Crippen LogP contribution in [0.25, 0.3) is 0 Å². The van der Waals surface area contributed by atoms with Gasteiger partial charge in [-0.15, -0.1) is 0 Å². The second-order valence-corrected chi connectivity index (χ2v) is 7.96. The predicted molar refractivity (Wildman–Crippen MR) is 122 cm³/mol. The van der Waals surface area contributed by atoms with Crippen LogP contribution in [0.4, 0.5) is 5.69 Å². The zero-order chi connectivity index (χ0) is 21.6. The molecule has 0 unspecified atom stereocenters. The molecule has 1 saturated heterocycles.